The summed E-state index contributed by atoms with van der Waals surface area (Å²) in [4.78, 5) is 11.9. The summed E-state index contributed by atoms with van der Waals surface area (Å²) in [6.07, 6.45) is 4.44. The number of hydrogen-bond acceptors (Lipinski definition) is 5. The number of carbonyl (C=O) groups is 1. The van der Waals surface area contributed by atoms with Gasteiger partial charge in [-0.25, -0.2) is 4.79 Å². The number of allylic oxidation sites excluding steroid dienone is 2. The molecule has 22 heavy (non-hydrogen) atoms. The van der Waals surface area contributed by atoms with Crippen molar-refractivity contribution in [2.24, 2.45) is 7.05 Å². The monoisotopic (exact) mass is 303 g/mol. The maximum atomic E-state index is 12.9. The van der Waals surface area contributed by atoms with Gasteiger partial charge in [0.2, 0.25) is 0 Å². The number of aryl methyl sites for hydroxylation is 1. The second kappa shape index (κ2) is 5.51. The molecular formula is C15H14FN3O3. The highest BCUT2D eigenvalue weighted by Crippen LogP contribution is 2.28. The summed E-state index contributed by atoms with van der Waals surface area (Å²) in [6.45, 7) is 0.201. The van der Waals surface area contributed by atoms with Crippen LogP contribution in [0.2, 0.25) is 0 Å². The lowest BCUT2D eigenvalue weighted by Crippen LogP contribution is -2.20. The van der Waals surface area contributed by atoms with Crippen molar-refractivity contribution in [1.82, 2.24) is 15.1 Å². The minimum absolute atomic E-state index is 0.201. The Morgan fingerprint density at radius 1 is 1.41 bits per heavy atom. The molecule has 0 amide bonds. The highest BCUT2D eigenvalue weighted by Gasteiger charge is 2.18. The smallest absolute Gasteiger partial charge is 0.341 e. The van der Waals surface area contributed by atoms with Crippen LogP contribution in [0.25, 0.3) is 10.9 Å². The Kier molecular flexibility index (Phi) is 3.54. The lowest BCUT2D eigenvalue weighted by Gasteiger charge is -2.16. The van der Waals surface area contributed by atoms with Crippen molar-refractivity contribution in [3.05, 3.63) is 47.8 Å². The summed E-state index contributed by atoms with van der Waals surface area (Å²) < 4.78 is 25.1. The van der Waals surface area contributed by atoms with Crippen LogP contribution in [0.15, 0.2) is 42.2 Å². The number of carbonyl (C=O) groups excluding carboxylic acids is 1. The summed E-state index contributed by atoms with van der Waals surface area (Å²) in [6, 6.07) is 3.38. The van der Waals surface area contributed by atoms with Gasteiger partial charge in [0.15, 0.2) is 5.95 Å². The molecule has 0 spiro atoms. The Morgan fingerprint density at radius 3 is 2.91 bits per heavy atom. The fraction of sp³-hybridized carbons (Fsp3) is 0.200. The molecule has 2 heterocycles. The van der Waals surface area contributed by atoms with Crippen LogP contribution in [0.4, 0.5) is 4.39 Å². The topological polar surface area (TPSA) is 65.4 Å². The molecule has 1 aliphatic rings. The van der Waals surface area contributed by atoms with Gasteiger partial charge in [0.05, 0.1) is 25.4 Å². The Morgan fingerprint density at radius 2 is 2.23 bits per heavy atom. The molecule has 0 saturated heterocycles. The van der Waals surface area contributed by atoms with E-state index in [-0.39, 0.29) is 6.54 Å². The third-order valence-corrected chi connectivity index (χ3v) is 3.34. The fourth-order valence-electron chi connectivity index (χ4n) is 2.20. The molecule has 0 fully saturated rings. The van der Waals surface area contributed by atoms with E-state index in [1.165, 1.54) is 19.3 Å². The van der Waals surface area contributed by atoms with Gasteiger partial charge in [-0.1, -0.05) is 0 Å². The SMILES string of the molecule is COC(=O)c1cc2cnn(C)c2cc1OC1=CC=C(F)NC1. The van der Waals surface area contributed by atoms with Crippen molar-refractivity contribution in [2.45, 2.75) is 0 Å². The van der Waals surface area contributed by atoms with Gasteiger partial charge in [0.1, 0.15) is 17.1 Å². The molecule has 0 atom stereocenters. The number of rotatable bonds is 3. The zero-order valence-electron chi connectivity index (χ0n) is 12.1. The van der Waals surface area contributed by atoms with Crippen LogP contribution in [0, 0.1) is 0 Å². The van der Waals surface area contributed by atoms with Gasteiger partial charge < -0.3 is 14.8 Å². The second-order valence-corrected chi connectivity index (χ2v) is 4.77. The predicted molar refractivity (Wildman–Crippen MR) is 78.0 cm³/mol. The Labute approximate surface area is 125 Å². The lowest BCUT2D eigenvalue weighted by atomic mass is 10.1. The van der Waals surface area contributed by atoms with E-state index in [0.717, 1.165) is 10.9 Å². The van der Waals surface area contributed by atoms with Crippen LogP contribution < -0.4 is 10.1 Å². The van der Waals surface area contributed by atoms with Crippen molar-refractivity contribution in [3.8, 4) is 5.75 Å². The van der Waals surface area contributed by atoms with Gasteiger partial charge in [0.25, 0.3) is 0 Å². The molecule has 3 rings (SSSR count). The summed E-state index contributed by atoms with van der Waals surface area (Å²) >= 11 is 0. The molecule has 1 aliphatic heterocycles. The second-order valence-electron chi connectivity index (χ2n) is 4.77. The molecule has 1 N–H and O–H groups in total. The maximum absolute atomic E-state index is 12.9. The number of dihydropyridines is 1. The zero-order valence-corrected chi connectivity index (χ0v) is 12.1. The Balaban J connectivity index is 2.05. The zero-order chi connectivity index (χ0) is 15.7. The summed E-state index contributed by atoms with van der Waals surface area (Å²) in [5.41, 5.74) is 1.10. The van der Waals surface area contributed by atoms with Gasteiger partial charge in [-0.15, -0.1) is 0 Å². The van der Waals surface area contributed by atoms with Crippen molar-refractivity contribution in [3.63, 3.8) is 0 Å². The molecule has 7 heteroatoms. The number of nitrogens with one attached hydrogen (secondary N) is 1. The first-order chi connectivity index (χ1) is 10.6. The van der Waals surface area contributed by atoms with Crippen LogP contribution in [0.5, 0.6) is 5.75 Å². The number of halogens is 1. The van der Waals surface area contributed by atoms with Crippen LogP contribution in [0.3, 0.4) is 0 Å². The van der Waals surface area contributed by atoms with Crippen LogP contribution in [-0.2, 0) is 11.8 Å². The average Bonchev–Trinajstić information content (AvgIpc) is 2.89. The van der Waals surface area contributed by atoms with E-state index in [2.05, 4.69) is 10.4 Å². The third kappa shape index (κ3) is 2.52. The summed E-state index contributed by atoms with van der Waals surface area (Å²) in [5.74, 6) is -0.103. The molecule has 1 aromatic carbocycles. The fourth-order valence-corrected chi connectivity index (χ4v) is 2.20. The number of hydrogen-bond donors (Lipinski definition) is 1. The summed E-state index contributed by atoms with van der Waals surface area (Å²) in [5, 5.41) is 7.47. The van der Waals surface area contributed by atoms with Crippen molar-refractivity contribution < 1.29 is 18.7 Å². The quantitative estimate of drug-likeness (QED) is 0.694. The van der Waals surface area contributed by atoms with Gasteiger partial charge >= 0.3 is 5.97 Å². The molecule has 0 aliphatic carbocycles. The Bertz CT molecular complexity index is 808. The van der Waals surface area contributed by atoms with Gasteiger partial charge in [-0.3, -0.25) is 4.68 Å². The first-order valence-corrected chi connectivity index (χ1v) is 6.60. The first kappa shape index (κ1) is 14.1. The largest absolute Gasteiger partial charge is 0.465 e. The van der Waals surface area contributed by atoms with Crippen LogP contribution in [0.1, 0.15) is 10.4 Å². The highest BCUT2D eigenvalue weighted by atomic mass is 19.1. The molecule has 6 nitrogen and oxygen atoms in total. The number of nitrogens with zero attached hydrogens (tertiary/aromatic N) is 2. The molecule has 2 aromatic rings. The van der Waals surface area contributed by atoms with E-state index in [0.29, 0.717) is 17.1 Å². The minimum atomic E-state index is -0.508. The van der Waals surface area contributed by atoms with E-state index in [9.17, 15) is 9.18 Å². The maximum Gasteiger partial charge on any atom is 0.341 e. The van der Waals surface area contributed by atoms with Gasteiger partial charge in [-0.05, 0) is 18.2 Å². The normalized spacial score (nSPS) is 14.1. The van der Waals surface area contributed by atoms with E-state index in [1.807, 2.05) is 0 Å². The highest BCUT2D eigenvalue weighted by molar-refractivity contribution is 5.97. The number of aromatic nitrogens is 2. The van der Waals surface area contributed by atoms with Crippen molar-refractivity contribution >= 4 is 16.9 Å². The number of esters is 1. The molecule has 1 aromatic heterocycles. The molecular weight excluding hydrogens is 289 g/mol. The number of ether oxygens (including phenoxy) is 2. The Hall–Kier alpha value is -2.83. The molecule has 0 bridgehead atoms. The number of fused-ring (bicyclic) bond motifs is 1. The standard InChI is InChI=1S/C15H14FN3O3/c1-19-12-6-13(22-10-3-4-14(16)17-8-10)11(15(20)21-2)5-9(12)7-18-19/h3-7,17H,8H2,1-2H3. The van der Waals surface area contributed by atoms with Gasteiger partial charge in [0, 0.05) is 18.5 Å². The first-order valence-electron chi connectivity index (χ1n) is 6.60. The molecule has 0 saturated carbocycles. The molecule has 0 unspecified atom stereocenters. The van der Waals surface area contributed by atoms with Crippen LogP contribution in [-0.4, -0.2) is 29.4 Å². The van der Waals surface area contributed by atoms with Crippen molar-refractivity contribution in [1.29, 1.82) is 0 Å². The van der Waals surface area contributed by atoms with E-state index >= 15 is 0 Å². The van der Waals surface area contributed by atoms with Crippen LogP contribution >= 0.6 is 0 Å². The number of benzene rings is 1. The van der Waals surface area contributed by atoms with E-state index < -0.39 is 11.9 Å². The average molecular weight is 303 g/mol. The van der Waals surface area contributed by atoms with E-state index in [1.54, 1.807) is 30.1 Å². The number of methoxy groups -OCH3 is 1. The third-order valence-electron chi connectivity index (χ3n) is 3.34. The van der Waals surface area contributed by atoms with Gasteiger partial charge in [-0.2, -0.15) is 9.49 Å². The van der Waals surface area contributed by atoms with E-state index in [4.69, 9.17) is 9.47 Å². The molecule has 114 valence electrons. The lowest BCUT2D eigenvalue weighted by molar-refractivity contribution is 0.0597. The summed E-state index contributed by atoms with van der Waals surface area (Å²) in [7, 11) is 3.10. The predicted octanol–water partition coefficient (Wildman–Crippen LogP) is 2.04. The molecule has 0 radical (unpaired) electrons. The minimum Gasteiger partial charge on any atom is -0.465 e. The van der Waals surface area contributed by atoms with Crippen molar-refractivity contribution in [2.75, 3.05) is 13.7 Å².